The Morgan fingerprint density at radius 3 is 2.81 bits per heavy atom. The lowest BCUT2D eigenvalue weighted by Gasteiger charge is -2.23. The number of nitrogens with zero attached hydrogens (tertiary/aromatic N) is 7. The van der Waals surface area contributed by atoms with Gasteiger partial charge in [-0.3, -0.25) is 4.68 Å². The SMILES string of the molecule is CC(C)Oc1ccc2c(c1)c(-c1nccc(-c3cn(C(C)CO)nc3C#N)n1)nn2C1CCCCO1. The van der Waals surface area contributed by atoms with Gasteiger partial charge in [-0.25, -0.2) is 14.6 Å². The summed E-state index contributed by atoms with van der Waals surface area (Å²) in [6.45, 7) is 6.42. The highest BCUT2D eigenvalue weighted by Crippen LogP contribution is 2.34. The third-order valence-corrected chi connectivity index (χ3v) is 6.17. The Balaban J connectivity index is 1.63. The standard InChI is InChI=1S/C26H29N7O3/c1-16(2)36-18-7-8-23-19(12-18)25(31-33(23)24-6-4-5-11-35-24)26-28-10-9-21(29-26)20-14-32(17(3)15-34)30-22(20)13-27/h7-10,12,14,16-17,24,34H,4-6,11,15H2,1-3H3. The molecule has 0 spiro atoms. The van der Waals surface area contributed by atoms with Crippen molar-refractivity contribution < 1.29 is 14.6 Å². The lowest BCUT2D eigenvalue weighted by atomic mass is 10.1. The van der Waals surface area contributed by atoms with Gasteiger partial charge in [0, 0.05) is 24.4 Å². The zero-order valence-electron chi connectivity index (χ0n) is 20.6. The molecule has 0 saturated carbocycles. The molecule has 4 heterocycles. The van der Waals surface area contributed by atoms with Gasteiger partial charge < -0.3 is 14.6 Å². The number of aliphatic hydroxyl groups is 1. The molecule has 1 aromatic carbocycles. The number of benzene rings is 1. The number of nitriles is 1. The molecular weight excluding hydrogens is 458 g/mol. The summed E-state index contributed by atoms with van der Waals surface area (Å²) < 4.78 is 15.5. The van der Waals surface area contributed by atoms with Gasteiger partial charge in [-0.1, -0.05) is 0 Å². The number of ether oxygens (including phenoxy) is 2. The number of aliphatic hydroxyl groups excluding tert-OH is 1. The summed E-state index contributed by atoms with van der Waals surface area (Å²) in [5.74, 6) is 1.17. The van der Waals surface area contributed by atoms with E-state index in [4.69, 9.17) is 19.6 Å². The van der Waals surface area contributed by atoms with Crippen LogP contribution in [0.4, 0.5) is 0 Å². The van der Waals surface area contributed by atoms with Crippen molar-refractivity contribution in [3.8, 4) is 34.6 Å². The van der Waals surface area contributed by atoms with E-state index >= 15 is 0 Å². The maximum atomic E-state index is 9.65. The first-order valence-electron chi connectivity index (χ1n) is 12.2. The second-order valence-electron chi connectivity index (χ2n) is 9.24. The third kappa shape index (κ3) is 4.55. The first-order chi connectivity index (χ1) is 17.5. The Hall–Kier alpha value is -3.81. The largest absolute Gasteiger partial charge is 0.491 e. The Labute approximate surface area is 209 Å². The summed E-state index contributed by atoms with van der Waals surface area (Å²) in [5, 5.41) is 29.3. The van der Waals surface area contributed by atoms with Crippen LogP contribution in [0.3, 0.4) is 0 Å². The van der Waals surface area contributed by atoms with Crippen molar-refractivity contribution in [3.05, 3.63) is 42.4 Å². The van der Waals surface area contributed by atoms with Crippen molar-refractivity contribution in [2.75, 3.05) is 13.2 Å². The molecule has 186 valence electrons. The van der Waals surface area contributed by atoms with Crippen LogP contribution >= 0.6 is 0 Å². The zero-order chi connectivity index (χ0) is 25.2. The van der Waals surface area contributed by atoms with Crippen LogP contribution in [0.15, 0.2) is 36.7 Å². The van der Waals surface area contributed by atoms with E-state index in [0.29, 0.717) is 29.4 Å². The van der Waals surface area contributed by atoms with Crippen molar-refractivity contribution in [2.24, 2.45) is 0 Å². The molecule has 5 rings (SSSR count). The average Bonchev–Trinajstić information content (AvgIpc) is 3.50. The monoisotopic (exact) mass is 487 g/mol. The van der Waals surface area contributed by atoms with Crippen molar-refractivity contribution in [2.45, 2.75) is 58.4 Å². The lowest BCUT2D eigenvalue weighted by Crippen LogP contribution is -2.19. The minimum atomic E-state index is -0.262. The number of hydrogen-bond acceptors (Lipinski definition) is 8. The predicted molar refractivity (Wildman–Crippen MR) is 133 cm³/mol. The quantitative estimate of drug-likeness (QED) is 0.410. The van der Waals surface area contributed by atoms with E-state index in [0.717, 1.165) is 35.9 Å². The highest BCUT2D eigenvalue weighted by Gasteiger charge is 2.24. The molecule has 1 N–H and O–H groups in total. The van der Waals surface area contributed by atoms with E-state index in [9.17, 15) is 10.4 Å². The summed E-state index contributed by atoms with van der Waals surface area (Å²) >= 11 is 0. The number of fused-ring (bicyclic) bond motifs is 1. The molecule has 0 aliphatic carbocycles. The van der Waals surface area contributed by atoms with Crippen LogP contribution in [0, 0.1) is 11.3 Å². The Bertz CT molecular complexity index is 1410. The van der Waals surface area contributed by atoms with Gasteiger partial charge in [0.2, 0.25) is 0 Å². The number of aromatic nitrogens is 6. The summed E-state index contributed by atoms with van der Waals surface area (Å²) in [7, 11) is 0. The molecular formula is C26H29N7O3. The maximum Gasteiger partial charge on any atom is 0.181 e. The normalized spacial score (nSPS) is 16.8. The fourth-order valence-corrected chi connectivity index (χ4v) is 4.36. The lowest BCUT2D eigenvalue weighted by molar-refractivity contribution is -0.0365. The van der Waals surface area contributed by atoms with Crippen molar-refractivity contribution >= 4 is 10.9 Å². The molecule has 10 heteroatoms. The molecule has 4 aromatic rings. The summed E-state index contributed by atoms with van der Waals surface area (Å²) in [4.78, 5) is 9.31. The highest BCUT2D eigenvalue weighted by atomic mass is 16.5. The van der Waals surface area contributed by atoms with E-state index in [-0.39, 0.29) is 30.7 Å². The predicted octanol–water partition coefficient (Wildman–Crippen LogP) is 4.27. The van der Waals surface area contributed by atoms with Gasteiger partial charge in [-0.2, -0.15) is 15.5 Å². The summed E-state index contributed by atoms with van der Waals surface area (Å²) in [6, 6.07) is 9.52. The molecule has 3 aromatic heterocycles. The molecule has 1 aliphatic rings. The molecule has 0 amide bonds. The zero-order valence-corrected chi connectivity index (χ0v) is 20.6. The second kappa shape index (κ2) is 10.0. The Morgan fingerprint density at radius 1 is 1.22 bits per heavy atom. The van der Waals surface area contributed by atoms with E-state index < -0.39 is 0 Å². The fraction of sp³-hybridized carbons (Fsp3) is 0.423. The molecule has 0 bridgehead atoms. The number of rotatable bonds is 7. The smallest absolute Gasteiger partial charge is 0.181 e. The van der Waals surface area contributed by atoms with Crippen LogP contribution in [0.2, 0.25) is 0 Å². The van der Waals surface area contributed by atoms with Crippen LogP contribution in [-0.4, -0.2) is 54.0 Å². The molecule has 1 aliphatic heterocycles. The topological polar surface area (TPSA) is 124 Å². The molecule has 2 unspecified atom stereocenters. The average molecular weight is 488 g/mol. The van der Waals surface area contributed by atoms with Crippen LogP contribution < -0.4 is 4.74 Å². The van der Waals surface area contributed by atoms with Gasteiger partial charge in [0.05, 0.1) is 35.5 Å². The minimum absolute atomic E-state index is 0.0319. The Kier molecular flexibility index (Phi) is 6.67. The van der Waals surface area contributed by atoms with Crippen LogP contribution in [0.25, 0.3) is 33.7 Å². The van der Waals surface area contributed by atoms with E-state index in [1.807, 2.05) is 43.7 Å². The molecule has 2 atom stereocenters. The van der Waals surface area contributed by atoms with E-state index in [2.05, 4.69) is 16.2 Å². The van der Waals surface area contributed by atoms with E-state index in [1.54, 1.807) is 23.1 Å². The van der Waals surface area contributed by atoms with Crippen LogP contribution in [0.5, 0.6) is 5.75 Å². The molecule has 1 saturated heterocycles. The van der Waals surface area contributed by atoms with E-state index in [1.165, 1.54) is 0 Å². The summed E-state index contributed by atoms with van der Waals surface area (Å²) in [5.41, 5.74) is 2.90. The maximum absolute atomic E-state index is 9.65. The van der Waals surface area contributed by atoms with Gasteiger partial charge in [0.1, 0.15) is 17.5 Å². The van der Waals surface area contributed by atoms with Gasteiger partial charge in [-0.05, 0) is 64.3 Å². The molecule has 0 radical (unpaired) electrons. The molecule has 10 nitrogen and oxygen atoms in total. The van der Waals surface area contributed by atoms with Gasteiger partial charge >= 0.3 is 0 Å². The van der Waals surface area contributed by atoms with Crippen molar-refractivity contribution in [1.82, 2.24) is 29.5 Å². The molecule has 36 heavy (non-hydrogen) atoms. The fourth-order valence-electron chi connectivity index (χ4n) is 4.36. The molecule has 1 fully saturated rings. The van der Waals surface area contributed by atoms with Gasteiger partial charge in [0.15, 0.2) is 17.7 Å². The first kappa shape index (κ1) is 23.9. The van der Waals surface area contributed by atoms with Gasteiger partial charge in [-0.15, -0.1) is 0 Å². The summed E-state index contributed by atoms with van der Waals surface area (Å²) in [6.07, 6.45) is 6.27. The minimum Gasteiger partial charge on any atom is -0.491 e. The second-order valence-corrected chi connectivity index (χ2v) is 9.24. The number of hydrogen-bond donors (Lipinski definition) is 1. The van der Waals surface area contributed by atoms with Crippen LogP contribution in [0.1, 0.15) is 58.0 Å². The van der Waals surface area contributed by atoms with Crippen LogP contribution in [-0.2, 0) is 4.74 Å². The van der Waals surface area contributed by atoms with Crippen molar-refractivity contribution in [1.29, 1.82) is 5.26 Å². The third-order valence-electron chi connectivity index (χ3n) is 6.17. The first-order valence-corrected chi connectivity index (χ1v) is 12.2. The van der Waals surface area contributed by atoms with Gasteiger partial charge in [0.25, 0.3) is 0 Å². The highest BCUT2D eigenvalue weighted by molar-refractivity contribution is 5.93. The van der Waals surface area contributed by atoms with Crippen molar-refractivity contribution in [3.63, 3.8) is 0 Å². The Morgan fingerprint density at radius 2 is 2.08 bits per heavy atom.